The summed E-state index contributed by atoms with van der Waals surface area (Å²) in [6.07, 6.45) is 0.354. The Balaban J connectivity index is 2.05. The second-order valence-electron chi connectivity index (χ2n) is 5.52. The molecule has 1 N–H and O–H groups in total. The summed E-state index contributed by atoms with van der Waals surface area (Å²) in [5.74, 6) is 0.0434. The number of nitrogens with one attached hydrogen (secondary N) is 1. The fraction of sp³-hybridized carbons (Fsp3) is 0.263. The molecule has 132 valence electrons. The largest absolute Gasteiger partial charge is 0.496 e. The average molecular weight is 453 g/mol. The van der Waals surface area contributed by atoms with E-state index in [0.29, 0.717) is 6.42 Å². The van der Waals surface area contributed by atoms with Crippen molar-refractivity contribution in [3.8, 4) is 5.75 Å². The number of rotatable bonds is 7. The molecule has 6 heteroatoms. The van der Waals surface area contributed by atoms with E-state index in [-0.39, 0.29) is 12.5 Å². The monoisotopic (exact) mass is 453 g/mol. The quantitative estimate of drug-likeness (QED) is 0.517. The molecule has 0 aromatic heterocycles. The Labute approximate surface area is 160 Å². The Morgan fingerprint density at radius 2 is 1.84 bits per heavy atom. The van der Waals surface area contributed by atoms with Crippen LogP contribution in [0.4, 0.5) is 0 Å². The highest BCUT2D eigenvalue weighted by Crippen LogP contribution is 2.22. The lowest BCUT2D eigenvalue weighted by Crippen LogP contribution is -2.42. The number of benzene rings is 2. The molecule has 0 heterocycles. The van der Waals surface area contributed by atoms with Crippen molar-refractivity contribution in [2.24, 2.45) is 0 Å². The fourth-order valence-electron chi connectivity index (χ4n) is 2.34. The zero-order valence-corrected chi connectivity index (χ0v) is 16.3. The minimum absolute atomic E-state index is 0.176. The van der Waals surface area contributed by atoms with E-state index in [4.69, 9.17) is 9.47 Å². The van der Waals surface area contributed by atoms with Crippen molar-refractivity contribution in [1.29, 1.82) is 0 Å². The number of halogens is 1. The van der Waals surface area contributed by atoms with Crippen LogP contribution in [0.5, 0.6) is 5.75 Å². The Morgan fingerprint density at radius 3 is 2.44 bits per heavy atom. The molecule has 0 saturated heterocycles. The molecule has 0 aliphatic heterocycles. The van der Waals surface area contributed by atoms with Crippen LogP contribution in [0.15, 0.2) is 48.5 Å². The van der Waals surface area contributed by atoms with Gasteiger partial charge in [-0.1, -0.05) is 36.4 Å². The van der Waals surface area contributed by atoms with Crippen LogP contribution in [-0.4, -0.2) is 25.0 Å². The van der Waals surface area contributed by atoms with Gasteiger partial charge < -0.3 is 14.8 Å². The van der Waals surface area contributed by atoms with Crippen LogP contribution in [0.2, 0.25) is 0 Å². The van der Waals surface area contributed by atoms with Crippen LogP contribution >= 0.6 is 22.6 Å². The third-order valence-electron chi connectivity index (χ3n) is 3.54. The van der Waals surface area contributed by atoms with Gasteiger partial charge in [-0.2, -0.15) is 0 Å². The first-order valence-corrected chi connectivity index (χ1v) is 8.87. The summed E-state index contributed by atoms with van der Waals surface area (Å²) in [4.78, 5) is 23.9. The zero-order chi connectivity index (χ0) is 18.2. The lowest BCUT2D eigenvalue weighted by Gasteiger charge is -2.17. The van der Waals surface area contributed by atoms with Crippen LogP contribution in [0, 0.1) is 3.57 Å². The standard InChI is InChI=1S/C19H20INO4/c1-13(22)21-17(11-15-8-9-18(24-2)16(20)10-15)19(23)25-12-14-6-4-3-5-7-14/h3-10,17H,11-12H2,1-2H3,(H,21,22)/t17-/m0/s1. The van der Waals surface area contributed by atoms with E-state index < -0.39 is 12.0 Å². The maximum atomic E-state index is 12.4. The van der Waals surface area contributed by atoms with Crippen molar-refractivity contribution in [1.82, 2.24) is 5.32 Å². The SMILES string of the molecule is COc1ccc(C[C@H](NC(C)=O)C(=O)OCc2ccccc2)cc1I. The highest BCUT2D eigenvalue weighted by molar-refractivity contribution is 14.1. The van der Waals surface area contributed by atoms with E-state index in [9.17, 15) is 9.59 Å². The Kier molecular flexibility index (Phi) is 7.24. The first-order chi connectivity index (χ1) is 12.0. The second-order valence-corrected chi connectivity index (χ2v) is 6.68. The number of esters is 1. The van der Waals surface area contributed by atoms with Gasteiger partial charge >= 0.3 is 5.97 Å². The van der Waals surface area contributed by atoms with Crippen molar-refractivity contribution < 1.29 is 19.1 Å². The number of carbonyl (C=O) groups excluding carboxylic acids is 2. The van der Waals surface area contributed by atoms with E-state index >= 15 is 0 Å². The van der Waals surface area contributed by atoms with Gasteiger partial charge in [0.15, 0.2) is 0 Å². The topological polar surface area (TPSA) is 64.6 Å². The minimum Gasteiger partial charge on any atom is -0.496 e. The van der Waals surface area contributed by atoms with E-state index in [1.54, 1.807) is 7.11 Å². The number of hydrogen-bond donors (Lipinski definition) is 1. The molecule has 0 aliphatic carbocycles. The van der Waals surface area contributed by atoms with Gasteiger partial charge in [0, 0.05) is 13.3 Å². The van der Waals surface area contributed by atoms with Crippen LogP contribution in [0.1, 0.15) is 18.1 Å². The number of hydrogen-bond acceptors (Lipinski definition) is 4. The molecule has 5 nitrogen and oxygen atoms in total. The molecule has 0 saturated carbocycles. The van der Waals surface area contributed by atoms with E-state index in [2.05, 4.69) is 27.9 Å². The van der Waals surface area contributed by atoms with Gasteiger partial charge in [0.25, 0.3) is 0 Å². The molecule has 0 radical (unpaired) electrons. The van der Waals surface area contributed by atoms with Gasteiger partial charge in [-0.3, -0.25) is 4.79 Å². The van der Waals surface area contributed by atoms with Gasteiger partial charge in [-0.25, -0.2) is 4.79 Å². The van der Waals surface area contributed by atoms with Gasteiger partial charge in [-0.15, -0.1) is 0 Å². The third-order valence-corrected chi connectivity index (χ3v) is 4.38. The van der Waals surface area contributed by atoms with E-state index in [1.165, 1.54) is 6.92 Å². The highest BCUT2D eigenvalue weighted by Gasteiger charge is 2.22. The first-order valence-electron chi connectivity index (χ1n) is 7.79. The molecule has 0 aliphatic rings. The average Bonchev–Trinajstić information content (AvgIpc) is 2.60. The fourth-order valence-corrected chi connectivity index (χ4v) is 3.14. The Hall–Kier alpha value is -2.09. The predicted octanol–water partition coefficient (Wildman–Crippen LogP) is 3.09. The molecule has 2 aromatic carbocycles. The van der Waals surface area contributed by atoms with Crippen LogP contribution in [0.3, 0.4) is 0 Å². The zero-order valence-electron chi connectivity index (χ0n) is 14.1. The molecular formula is C19H20INO4. The summed E-state index contributed by atoms with van der Waals surface area (Å²) in [7, 11) is 1.61. The van der Waals surface area contributed by atoms with Gasteiger partial charge in [-0.05, 0) is 45.9 Å². The molecule has 2 aromatic rings. The molecule has 25 heavy (non-hydrogen) atoms. The lowest BCUT2D eigenvalue weighted by atomic mass is 10.1. The summed E-state index contributed by atoms with van der Waals surface area (Å²) in [6.45, 7) is 1.56. The van der Waals surface area contributed by atoms with Crippen molar-refractivity contribution >= 4 is 34.5 Å². The smallest absolute Gasteiger partial charge is 0.329 e. The Morgan fingerprint density at radius 1 is 1.12 bits per heavy atom. The van der Waals surface area contributed by atoms with Gasteiger partial charge in [0.05, 0.1) is 10.7 Å². The minimum atomic E-state index is -0.731. The molecule has 0 spiro atoms. The molecule has 1 amide bonds. The summed E-state index contributed by atoms with van der Waals surface area (Å²) in [5, 5.41) is 2.67. The van der Waals surface area contributed by atoms with Crippen molar-refractivity contribution in [3.63, 3.8) is 0 Å². The summed E-state index contributed by atoms with van der Waals surface area (Å²) < 4.78 is 11.5. The van der Waals surface area contributed by atoms with Gasteiger partial charge in [0.2, 0.25) is 5.91 Å². The molecule has 0 unspecified atom stereocenters. The molecular weight excluding hydrogens is 433 g/mol. The maximum Gasteiger partial charge on any atom is 0.329 e. The molecule has 0 fully saturated rings. The molecule has 1 atom stereocenters. The second kappa shape index (κ2) is 9.41. The molecule has 0 bridgehead atoms. The van der Waals surface area contributed by atoms with Crippen molar-refractivity contribution in [2.75, 3.05) is 7.11 Å². The number of carbonyl (C=O) groups is 2. The summed E-state index contributed by atoms with van der Waals surface area (Å²) in [6, 6.07) is 14.3. The number of methoxy groups -OCH3 is 1. The molecule has 2 rings (SSSR count). The van der Waals surface area contributed by atoms with E-state index in [1.807, 2.05) is 48.5 Å². The van der Waals surface area contributed by atoms with Crippen molar-refractivity contribution in [2.45, 2.75) is 26.0 Å². The maximum absolute atomic E-state index is 12.4. The lowest BCUT2D eigenvalue weighted by molar-refractivity contribution is -0.149. The van der Waals surface area contributed by atoms with Crippen LogP contribution in [-0.2, 0) is 27.4 Å². The Bertz CT molecular complexity index is 733. The van der Waals surface area contributed by atoms with Crippen molar-refractivity contribution in [3.05, 3.63) is 63.2 Å². The highest BCUT2D eigenvalue weighted by atomic mass is 127. The van der Waals surface area contributed by atoms with E-state index in [0.717, 1.165) is 20.4 Å². The summed E-state index contributed by atoms with van der Waals surface area (Å²) >= 11 is 2.17. The predicted molar refractivity (Wildman–Crippen MR) is 103 cm³/mol. The first kappa shape index (κ1) is 19.2. The van der Waals surface area contributed by atoms with Crippen LogP contribution < -0.4 is 10.1 Å². The number of ether oxygens (including phenoxy) is 2. The van der Waals surface area contributed by atoms with Crippen LogP contribution in [0.25, 0.3) is 0 Å². The summed E-state index contributed by atoms with van der Waals surface area (Å²) in [5.41, 5.74) is 1.82. The normalized spacial score (nSPS) is 11.5. The number of amides is 1. The van der Waals surface area contributed by atoms with Gasteiger partial charge in [0.1, 0.15) is 18.4 Å². The third kappa shape index (κ3) is 6.04.